The third-order valence-electron chi connectivity index (χ3n) is 3.05. The highest BCUT2D eigenvalue weighted by Crippen LogP contribution is 2.18. The van der Waals surface area contributed by atoms with Crippen LogP contribution in [0.2, 0.25) is 0 Å². The number of alkyl halides is 1. The molecule has 0 N–H and O–H groups in total. The SMILES string of the molecule is CCc1cc(CCl)cc(N(C)C(C)CC)n1. The minimum absolute atomic E-state index is 0.503. The third-order valence-corrected chi connectivity index (χ3v) is 3.36. The largest absolute Gasteiger partial charge is 0.357 e. The van der Waals surface area contributed by atoms with E-state index in [9.17, 15) is 0 Å². The Morgan fingerprint density at radius 3 is 2.56 bits per heavy atom. The summed E-state index contributed by atoms with van der Waals surface area (Å²) in [4.78, 5) is 6.85. The molecule has 0 fully saturated rings. The maximum Gasteiger partial charge on any atom is 0.129 e. The quantitative estimate of drug-likeness (QED) is 0.731. The van der Waals surface area contributed by atoms with Crippen LogP contribution in [0, 0.1) is 0 Å². The first kappa shape index (κ1) is 13.3. The Morgan fingerprint density at radius 1 is 1.38 bits per heavy atom. The molecule has 0 aliphatic carbocycles. The number of anilines is 1. The van der Waals surface area contributed by atoms with Gasteiger partial charge in [0.15, 0.2) is 0 Å². The average molecular weight is 241 g/mol. The summed E-state index contributed by atoms with van der Waals surface area (Å²) in [6.07, 6.45) is 2.07. The van der Waals surface area contributed by atoms with E-state index < -0.39 is 0 Å². The number of aryl methyl sites for hydroxylation is 1. The van der Waals surface area contributed by atoms with Gasteiger partial charge in [-0.15, -0.1) is 11.6 Å². The van der Waals surface area contributed by atoms with Crippen molar-refractivity contribution in [3.63, 3.8) is 0 Å². The number of hydrogen-bond acceptors (Lipinski definition) is 2. The summed E-state index contributed by atoms with van der Waals surface area (Å²) in [5, 5.41) is 0. The lowest BCUT2D eigenvalue weighted by molar-refractivity contribution is 0.655. The zero-order valence-corrected chi connectivity index (χ0v) is 11.4. The van der Waals surface area contributed by atoms with E-state index in [1.165, 1.54) is 0 Å². The van der Waals surface area contributed by atoms with Gasteiger partial charge in [0.1, 0.15) is 5.82 Å². The van der Waals surface area contributed by atoms with Crippen molar-refractivity contribution in [2.24, 2.45) is 0 Å². The Balaban J connectivity index is 3.02. The Hall–Kier alpha value is -0.760. The number of nitrogens with zero attached hydrogens (tertiary/aromatic N) is 2. The van der Waals surface area contributed by atoms with Crippen LogP contribution >= 0.6 is 11.6 Å². The van der Waals surface area contributed by atoms with Crippen molar-refractivity contribution in [2.75, 3.05) is 11.9 Å². The molecule has 1 rings (SSSR count). The first-order chi connectivity index (χ1) is 7.62. The van der Waals surface area contributed by atoms with Gasteiger partial charge in [-0.05, 0) is 37.5 Å². The van der Waals surface area contributed by atoms with Crippen LogP contribution in [0.1, 0.15) is 38.4 Å². The van der Waals surface area contributed by atoms with E-state index in [1.54, 1.807) is 0 Å². The average Bonchev–Trinajstić information content (AvgIpc) is 2.35. The van der Waals surface area contributed by atoms with Gasteiger partial charge in [-0.3, -0.25) is 0 Å². The fraction of sp³-hybridized carbons (Fsp3) is 0.615. The zero-order chi connectivity index (χ0) is 12.1. The van der Waals surface area contributed by atoms with Crippen LogP contribution in [0.15, 0.2) is 12.1 Å². The number of pyridine rings is 1. The van der Waals surface area contributed by atoms with Crippen LogP contribution in [0.3, 0.4) is 0 Å². The number of rotatable bonds is 5. The molecule has 1 aromatic heterocycles. The summed E-state index contributed by atoms with van der Waals surface area (Å²) < 4.78 is 0. The smallest absolute Gasteiger partial charge is 0.129 e. The molecule has 0 aliphatic heterocycles. The summed E-state index contributed by atoms with van der Waals surface area (Å²) >= 11 is 5.90. The maximum absolute atomic E-state index is 5.90. The normalized spacial score (nSPS) is 12.6. The fourth-order valence-corrected chi connectivity index (χ4v) is 1.73. The maximum atomic E-state index is 5.90. The van der Waals surface area contributed by atoms with E-state index in [2.05, 4.69) is 49.8 Å². The van der Waals surface area contributed by atoms with Gasteiger partial charge >= 0.3 is 0 Å². The molecule has 16 heavy (non-hydrogen) atoms. The van der Waals surface area contributed by atoms with E-state index in [4.69, 9.17) is 11.6 Å². The first-order valence-electron chi connectivity index (χ1n) is 5.91. The van der Waals surface area contributed by atoms with Gasteiger partial charge in [0, 0.05) is 24.7 Å². The molecule has 0 amide bonds. The van der Waals surface area contributed by atoms with Gasteiger partial charge in [-0.2, -0.15) is 0 Å². The van der Waals surface area contributed by atoms with E-state index in [0.717, 1.165) is 29.9 Å². The molecular weight excluding hydrogens is 220 g/mol. The fourth-order valence-electron chi connectivity index (χ4n) is 1.57. The predicted octanol–water partition coefficient (Wildman–Crippen LogP) is 3.62. The van der Waals surface area contributed by atoms with Gasteiger partial charge in [-0.1, -0.05) is 13.8 Å². The summed E-state index contributed by atoms with van der Waals surface area (Å²) in [6.45, 7) is 6.52. The second kappa shape index (κ2) is 6.09. The lowest BCUT2D eigenvalue weighted by atomic mass is 10.2. The second-order valence-corrected chi connectivity index (χ2v) is 4.45. The number of aromatic nitrogens is 1. The minimum Gasteiger partial charge on any atom is -0.357 e. The van der Waals surface area contributed by atoms with Crippen molar-refractivity contribution >= 4 is 17.4 Å². The molecule has 3 heteroatoms. The lowest BCUT2D eigenvalue weighted by Crippen LogP contribution is -2.29. The second-order valence-electron chi connectivity index (χ2n) is 4.18. The van der Waals surface area contributed by atoms with Gasteiger partial charge in [0.2, 0.25) is 0 Å². The van der Waals surface area contributed by atoms with Gasteiger partial charge in [-0.25, -0.2) is 4.98 Å². The highest BCUT2D eigenvalue weighted by Gasteiger charge is 2.10. The third kappa shape index (κ3) is 3.11. The van der Waals surface area contributed by atoms with Gasteiger partial charge < -0.3 is 4.90 Å². The highest BCUT2D eigenvalue weighted by atomic mass is 35.5. The number of halogens is 1. The topological polar surface area (TPSA) is 16.1 Å². The van der Waals surface area contributed by atoms with Gasteiger partial charge in [0.25, 0.3) is 0 Å². The van der Waals surface area contributed by atoms with Crippen molar-refractivity contribution in [3.8, 4) is 0 Å². The Kier molecular flexibility index (Phi) is 5.07. The molecule has 0 saturated carbocycles. The van der Waals surface area contributed by atoms with Crippen molar-refractivity contribution in [1.82, 2.24) is 4.98 Å². The lowest BCUT2D eigenvalue weighted by Gasteiger charge is -2.25. The van der Waals surface area contributed by atoms with Gasteiger partial charge in [0.05, 0.1) is 0 Å². The molecule has 0 radical (unpaired) electrons. The predicted molar refractivity (Wildman–Crippen MR) is 71.3 cm³/mol. The molecule has 0 saturated heterocycles. The summed E-state index contributed by atoms with van der Waals surface area (Å²) in [6, 6.07) is 4.67. The van der Waals surface area contributed by atoms with Crippen LogP contribution in [0.25, 0.3) is 0 Å². The molecular formula is C13H21ClN2. The molecule has 0 aliphatic rings. The molecule has 1 aromatic rings. The Labute approximate surface area is 104 Å². The molecule has 0 aromatic carbocycles. The first-order valence-corrected chi connectivity index (χ1v) is 6.44. The summed E-state index contributed by atoms with van der Waals surface area (Å²) in [5.74, 6) is 1.58. The van der Waals surface area contributed by atoms with E-state index in [1.807, 2.05) is 0 Å². The summed E-state index contributed by atoms with van der Waals surface area (Å²) in [5.41, 5.74) is 2.27. The molecule has 2 nitrogen and oxygen atoms in total. The number of hydrogen-bond donors (Lipinski definition) is 0. The Morgan fingerprint density at radius 2 is 2.06 bits per heavy atom. The zero-order valence-electron chi connectivity index (χ0n) is 10.6. The van der Waals surface area contributed by atoms with Crippen molar-refractivity contribution in [2.45, 2.75) is 45.5 Å². The Bertz CT molecular complexity index is 316. The minimum atomic E-state index is 0.503. The summed E-state index contributed by atoms with van der Waals surface area (Å²) in [7, 11) is 2.09. The highest BCUT2D eigenvalue weighted by molar-refractivity contribution is 6.17. The van der Waals surface area contributed by atoms with Crippen molar-refractivity contribution in [3.05, 3.63) is 23.4 Å². The van der Waals surface area contributed by atoms with Crippen LogP contribution in [0.4, 0.5) is 5.82 Å². The van der Waals surface area contributed by atoms with Crippen LogP contribution < -0.4 is 4.90 Å². The molecule has 90 valence electrons. The molecule has 0 bridgehead atoms. The van der Waals surface area contributed by atoms with Crippen molar-refractivity contribution in [1.29, 1.82) is 0 Å². The monoisotopic (exact) mass is 240 g/mol. The molecule has 1 unspecified atom stereocenters. The standard InChI is InChI=1S/C13H21ClN2/c1-5-10(3)16(4)13-8-11(9-14)7-12(6-2)15-13/h7-8,10H,5-6,9H2,1-4H3. The van der Waals surface area contributed by atoms with Crippen molar-refractivity contribution < 1.29 is 0 Å². The molecule has 1 atom stereocenters. The van der Waals surface area contributed by atoms with E-state index in [-0.39, 0.29) is 0 Å². The van der Waals surface area contributed by atoms with Crippen LogP contribution in [-0.2, 0) is 12.3 Å². The van der Waals surface area contributed by atoms with E-state index in [0.29, 0.717) is 11.9 Å². The van der Waals surface area contributed by atoms with Crippen LogP contribution in [-0.4, -0.2) is 18.1 Å². The van der Waals surface area contributed by atoms with Crippen LogP contribution in [0.5, 0.6) is 0 Å². The molecule has 1 heterocycles. The molecule has 0 spiro atoms. The van der Waals surface area contributed by atoms with E-state index >= 15 is 0 Å².